The molecule has 0 aromatic heterocycles. The van der Waals surface area contributed by atoms with E-state index in [0.29, 0.717) is 30.4 Å². The van der Waals surface area contributed by atoms with E-state index in [-0.39, 0.29) is 12.4 Å². The molecule has 1 aliphatic rings. The lowest BCUT2D eigenvalue weighted by Crippen LogP contribution is -2.37. The maximum absolute atomic E-state index is 11.5. The van der Waals surface area contributed by atoms with Crippen molar-refractivity contribution in [2.24, 2.45) is 0 Å². The number of ether oxygens (including phenoxy) is 4. The third-order valence-corrected chi connectivity index (χ3v) is 5.44. The summed E-state index contributed by atoms with van der Waals surface area (Å²) < 4.78 is 21.8. The summed E-state index contributed by atoms with van der Waals surface area (Å²) in [7, 11) is 1.59. The lowest BCUT2D eigenvalue weighted by molar-refractivity contribution is -0.169. The molecule has 1 heterocycles. The molecule has 8 nitrogen and oxygen atoms in total. The van der Waals surface area contributed by atoms with Crippen LogP contribution in [-0.2, 0) is 30.2 Å². The predicted molar refractivity (Wildman–Crippen MR) is 118 cm³/mol. The van der Waals surface area contributed by atoms with E-state index in [2.05, 4.69) is 6.07 Å². The molecule has 1 saturated heterocycles. The largest absolute Gasteiger partial charge is 0.508 e. The minimum absolute atomic E-state index is 0.0132. The van der Waals surface area contributed by atoms with Crippen LogP contribution in [0.15, 0.2) is 36.4 Å². The third-order valence-electron chi connectivity index (χ3n) is 5.44. The van der Waals surface area contributed by atoms with Gasteiger partial charge in [-0.05, 0) is 41.8 Å². The first kappa shape index (κ1) is 24.1. The maximum atomic E-state index is 11.5. The number of phenolic OH excluding ortho intramolecular Hbond substituents is 1. The topological polar surface area (TPSA) is 115 Å². The average molecular weight is 453 g/mol. The molecule has 174 valence electrons. The van der Waals surface area contributed by atoms with E-state index >= 15 is 0 Å². The molecule has 1 aliphatic heterocycles. The summed E-state index contributed by atoms with van der Waals surface area (Å²) in [5.74, 6) is -0.203. The van der Waals surface area contributed by atoms with E-state index in [4.69, 9.17) is 18.9 Å². The van der Waals surface area contributed by atoms with Gasteiger partial charge in [0, 0.05) is 32.3 Å². The molecule has 2 aromatic carbocycles. The number of carbonyl (C=O) groups excluding carboxylic acids is 2. The van der Waals surface area contributed by atoms with Gasteiger partial charge >= 0.3 is 11.9 Å². The Morgan fingerprint density at radius 2 is 1.88 bits per heavy atom. The molecule has 0 saturated carbocycles. The summed E-state index contributed by atoms with van der Waals surface area (Å²) in [6, 6.07) is 12.8. The molecule has 1 N–H and O–H groups in total. The van der Waals surface area contributed by atoms with Crippen molar-refractivity contribution in [2.75, 3.05) is 13.7 Å². The van der Waals surface area contributed by atoms with E-state index in [1.807, 2.05) is 24.3 Å². The van der Waals surface area contributed by atoms with Gasteiger partial charge in [0.1, 0.15) is 24.2 Å². The number of aromatic hydroxyl groups is 1. The Labute approximate surface area is 192 Å². The molecule has 33 heavy (non-hydrogen) atoms. The lowest BCUT2D eigenvalue weighted by atomic mass is 9.91. The van der Waals surface area contributed by atoms with E-state index in [0.717, 1.165) is 16.9 Å². The van der Waals surface area contributed by atoms with E-state index in [1.54, 1.807) is 13.2 Å². The minimum atomic E-state index is -0.606. The van der Waals surface area contributed by atoms with Crippen molar-refractivity contribution >= 4 is 11.9 Å². The first-order chi connectivity index (χ1) is 15.8. The van der Waals surface area contributed by atoms with Crippen molar-refractivity contribution < 1.29 is 33.6 Å². The number of carbonyl (C=O) groups is 2. The number of benzene rings is 2. The molecule has 2 aromatic rings. The van der Waals surface area contributed by atoms with Crippen LogP contribution in [0.25, 0.3) is 0 Å². The Bertz CT molecular complexity index is 1040. The predicted octanol–water partition coefficient (Wildman–Crippen LogP) is 3.58. The summed E-state index contributed by atoms with van der Waals surface area (Å²) in [6.45, 7) is 2.65. The fraction of sp³-hybridized carbons (Fsp3) is 0.400. The fourth-order valence-electron chi connectivity index (χ4n) is 3.94. The van der Waals surface area contributed by atoms with Crippen LogP contribution >= 0.6 is 0 Å². The molecule has 0 spiro atoms. The zero-order valence-electron chi connectivity index (χ0n) is 18.9. The standard InChI is InChI=1S/C25H27NO7/c1-15(27)31-14-22-11-21(32-16(2)28)12-25(33-22)23-9-18(19(13-26)10-24(23)29)8-17-4-6-20(30-3)7-5-17/h4-7,9-10,21-22,25,29H,8,11-12,14H2,1-3H3/t21-,22-,25+/m0/s1. The van der Waals surface area contributed by atoms with E-state index in [9.17, 15) is 20.0 Å². The van der Waals surface area contributed by atoms with Crippen molar-refractivity contribution in [3.05, 3.63) is 58.7 Å². The van der Waals surface area contributed by atoms with Crippen molar-refractivity contribution in [1.29, 1.82) is 5.26 Å². The van der Waals surface area contributed by atoms with Crippen LogP contribution in [-0.4, -0.2) is 43.0 Å². The van der Waals surface area contributed by atoms with Crippen LogP contribution in [0.3, 0.4) is 0 Å². The zero-order chi connectivity index (χ0) is 24.0. The quantitative estimate of drug-likeness (QED) is 0.633. The Kier molecular flexibility index (Phi) is 7.91. The van der Waals surface area contributed by atoms with Gasteiger partial charge in [0.05, 0.1) is 31.0 Å². The number of nitriles is 1. The fourth-order valence-corrected chi connectivity index (χ4v) is 3.94. The number of phenols is 1. The van der Waals surface area contributed by atoms with Gasteiger partial charge in [-0.3, -0.25) is 9.59 Å². The number of hydrogen-bond donors (Lipinski definition) is 1. The van der Waals surface area contributed by atoms with Crippen molar-refractivity contribution in [3.63, 3.8) is 0 Å². The second-order valence-electron chi connectivity index (χ2n) is 7.96. The van der Waals surface area contributed by atoms with E-state index < -0.39 is 30.3 Å². The van der Waals surface area contributed by atoms with Crippen molar-refractivity contribution in [1.82, 2.24) is 0 Å². The van der Waals surface area contributed by atoms with Gasteiger partial charge in [-0.2, -0.15) is 5.26 Å². The molecular weight excluding hydrogens is 426 g/mol. The molecule has 0 amide bonds. The van der Waals surface area contributed by atoms with Gasteiger partial charge in [-0.1, -0.05) is 12.1 Å². The van der Waals surface area contributed by atoms with Crippen LogP contribution in [0.4, 0.5) is 0 Å². The Hall–Kier alpha value is -3.57. The van der Waals surface area contributed by atoms with Crippen LogP contribution in [0, 0.1) is 11.3 Å². The number of rotatable bonds is 7. The second-order valence-corrected chi connectivity index (χ2v) is 7.96. The smallest absolute Gasteiger partial charge is 0.302 e. The average Bonchev–Trinajstić information content (AvgIpc) is 2.78. The van der Waals surface area contributed by atoms with Gasteiger partial charge in [0.15, 0.2) is 0 Å². The van der Waals surface area contributed by atoms with Gasteiger partial charge in [0.2, 0.25) is 0 Å². The molecule has 0 unspecified atom stereocenters. The number of methoxy groups -OCH3 is 1. The summed E-state index contributed by atoms with van der Waals surface area (Å²) in [6.07, 6.45) is -0.390. The van der Waals surface area contributed by atoms with Crippen LogP contribution in [0.2, 0.25) is 0 Å². The van der Waals surface area contributed by atoms with Gasteiger partial charge < -0.3 is 24.1 Å². The van der Waals surface area contributed by atoms with Crippen molar-refractivity contribution in [3.8, 4) is 17.6 Å². The molecule has 0 aliphatic carbocycles. The molecule has 0 bridgehead atoms. The summed E-state index contributed by atoms with van der Waals surface area (Å²) >= 11 is 0. The minimum Gasteiger partial charge on any atom is -0.508 e. The monoisotopic (exact) mass is 453 g/mol. The number of nitrogens with zero attached hydrogens (tertiary/aromatic N) is 1. The highest BCUT2D eigenvalue weighted by Gasteiger charge is 2.34. The molecule has 3 atom stereocenters. The van der Waals surface area contributed by atoms with E-state index in [1.165, 1.54) is 19.9 Å². The van der Waals surface area contributed by atoms with Crippen LogP contribution in [0.1, 0.15) is 55.0 Å². The molecule has 8 heteroatoms. The highest BCUT2D eigenvalue weighted by molar-refractivity contribution is 5.66. The third kappa shape index (κ3) is 6.46. The molecular formula is C25H27NO7. The molecule has 0 radical (unpaired) electrons. The first-order valence-electron chi connectivity index (χ1n) is 10.6. The lowest BCUT2D eigenvalue weighted by Gasteiger charge is -2.35. The Morgan fingerprint density at radius 3 is 2.48 bits per heavy atom. The van der Waals surface area contributed by atoms with Gasteiger partial charge in [0.25, 0.3) is 0 Å². The molecule has 3 rings (SSSR count). The molecule has 1 fully saturated rings. The summed E-state index contributed by atoms with van der Waals surface area (Å²) in [5.41, 5.74) is 2.54. The number of hydrogen-bond acceptors (Lipinski definition) is 8. The first-order valence-corrected chi connectivity index (χ1v) is 10.6. The van der Waals surface area contributed by atoms with Crippen LogP contribution < -0.4 is 4.74 Å². The maximum Gasteiger partial charge on any atom is 0.302 e. The second kappa shape index (κ2) is 10.8. The zero-order valence-corrected chi connectivity index (χ0v) is 18.9. The van der Waals surface area contributed by atoms with Gasteiger partial charge in [-0.15, -0.1) is 0 Å². The SMILES string of the molecule is COc1ccc(Cc2cc([C@H]3C[C@@H](OC(C)=O)C[C@@H](COC(C)=O)O3)c(O)cc2C#N)cc1. The highest BCUT2D eigenvalue weighted by Crippen LogP contribution is 2.39. The highest BCUT2D eigenvalue weighted by atomic mass is 16.6. The summed E-state index contributed by atoms with van der Waals surface area (Å²) in [4.78, 5) is 22.8. The Morgan fingerprint density at radius 1 is 1.15 bits per heavy atom. The van der Waals surface area contributed by atoms with Gasteiger partial charge in [-0.25, -0.2) is 0 Å². The number of esters is 2. The summed E-state index contributed by atoms with van der Waals surface area (Å²) in [5, 5.41) is 20.3. The van der Waals surface area contributed by atoms with Crippen molar-refractivity contribution in [2.45, 2.75) is 51.4 Å². The Balaban J connectivity index is 1.89. The normalized spacial score (nSPS) is 19.9. The van der Waals surface area contributed by atoms with Crippen LogP contribution in [0.5, 0.6) is 11.5 Å².